The van der Waals surface area contributed by atoms with Crippen molar-refractivity contribution in [3.63, 3.8) is 0 Å². The van der Waals surface area contributed by atoms with Gasteiger partial charge in [-0.2, -0.15) is 0 Å². The number of hydrogen-bond acceptors (Lipinski definition) is 8. The van der Waals surface area contributed by atoms with Crippen LogP contribution >= 0.6 is 0 Å². The predicted octanol–water partition coefficient (Wildman–Crippen LogP) is 6.45. The van der Waals surface area contributed by atoms with E-state index in [2.05, 4.69) is 23.5 Å². The molecule has 2 aromatic carbocycles. The van der Waals surface area contributed by atoms with Gasteiger partial charge in [-0.15, -0.1) is 0 Å². The molecule has 0 aliphatic heterocycles. The fraction of sp³-hybridized carbons (Fsp3) is 0.355. The molecular formula is C31H38N2O6. The van der Waals surface area contributed by atoms with Gasteiger partial charge in [0, 0.05) is 22.3 Å². The number of rotatable bonds is 14. The highest BCUT2D eigenvalue weighted by molar-refractivity contribution is 5.90. The van der Waals surface area contributed by atoms with Crippen LogP contribution in [0.4, 0.5) is 0 Å². The molecule has 0 radical (unpaired) electrons. The molecule has 0 bridgehead atoms. The summed E-state index contributed by atoms with van der Waals surface area (Å²) in [5, 5.41) is 7.58. The number of benzene rings is 2. The van der Waals surface area contributed by atoms with E-state index in [-0.39, 0.29) is 11.1 Å². The number of oxime groups is 2. The van der Waals surface area contributed by atoms with Crippen molar-refractivity contribution in [1.82, 2.24) is 0 Å². The Kier molecular flexibility index (Phi) is 12.1. The van der Waals surface area contributed by atoms with Crippen molar-refractivity contribution < 1.29 is 28.7 Å². The summed E-state index contributed by atoms with van der Waals surface area (Å²) in [6, 6.07) is 7.92. The first-order valence-corrected chi connectivity index (χ1v) is 12.8. The van der Waals surface area contributed by atoms with E-state index in [1.807, 2.05) is 52.0 Å². The molecule has 0 heterocycles. The maximum absolute atomic E-state index is 11.6. The third kappa shape index (κ3) is 10.2. The molecule has 39 heavy (non-hydrogen) atoms. The zero-order valence-corrected chi connectivity index (χ0v) is 23.8. The van der Waals surface area contributed by atoms with Crippen LogP contribution in [-0.2, 0) is 19.3 Å². The van der Waals surface area contributed by atoms with Crippen LogP contribution in [0.15, 0.2) is 58.9 Å². The molecule has 0 spiro atoms. The average Bonchev–Trinajstić information content (AvgIpc) is 2.85. The van der Waals surface area contributed by atoms with Crippen molar-refractivity contribution in [3.8, 4) is 11.5 Å². The molecule has 2 aromatic rings. The van der Waals surface area contributed by atoms with Crippen LogP contribution in [-0.4, -0.2) is 37.6 Å². The van der Waals surface area contributed by atoms with Crippen LogP contribution in [0.25, 0.3) is 0 Å². The van der Waals surface area contributed by atoms with E-state index in [0.717, 1.165) is 52.6 Å². The van der Waals surface area contributed by atoms with Crippen LogP contribution in [0.5, 0.6) is 11.5 Å². The number of hydrogen-bond donors (Lipinski definition) is 0. The highest BCUT2D eigenvalue weighted by atomic mass is 16.7. The third-order valence-corrected chi connectivity index (χ3v) is 5.58. The van der Waals surface area contributed by atoms with Gasteiger partial charge in [-0.1, -0.05) is 35.6 Å². The number of carbonyl (C=O) groups excluding carboxylic acids is 2. The third-order valence-electron chi connectivity index (χ3n) is 5.58. The zero-order chi connectivity index (χ0) is 28.9. The minimum atomic E-state index is -0.577. The molecule has 0 N–H and O–H groups in total. The fourth-order valence-electron chi connectivity index (χ4n) is 3.66. The van der Waals surface area contributed by atoms with Gasteiger partial charge in [-0.3, -0.25) is 0 Å². The van der Waals surface area contributed by atoms with Gasteiger partial charge in [-0.05, 0) is 95.2 Å². The Morgan fingerprint density at radius 2 is 1.28 bits per heavy atom. The molecule has 8 heteroatoms. The summed E-state index contributed by atoms with van der Waals surface area (Å²) in [6.45, 7) is 19.2. The molecule has 0 aromatic heterocycles. The average molecular weight is 535 g/mol. The van der Waals surface area contributed by atoms with E-state index in [9.17, 15) is 9.59 Å². The van der Waals surface area contributed by atoms with E-state index < -0.39 is 11.9 Å². The highest BCUT2D eigenvalue weighted by Gasteiger charge is 2.10. The fourth-order valence-corrected chi connectivity index (χ4v) is 3.66. The Hall–Kier alpha value is -4.20. The highest BCUT2D eigenvalue weighted by Crippen LogP contribution is 2.25. The lowest BCUT2D eigenvalue weighted by atomic mass is 10.1. The van der Waals surface area contributed by atoms with Crippen molar-refractivity contribution in [3.05, 3.63) is 82.0 Å². The Morgan fingerprint density at radius 3 is 1.90 bits per heavy atom. The normalized spacial score (nSPS) is 11.0. The smallest absolute Gasteiger partial charge is 0.360 e. The molecule has 0 aliphatic carbocycles. The molecule has 0 saturated heterocycles. The summed E-state index contributed by atoms with van der Waals surface area (Å²) in [7, 11) is 0. The largest absolute Gasteiger partial charge is 0.493 e. The first-order valence-electron chi connectivity index (χ1n) is 12.8. The minimum Gasteiger partial charge on any atom is -0.493 e. The second-order valence-corrected chi connectivity index (χ2v) is 9.54. The number of nitrogens with zero attached hydrogens (tertiary/aromatic N) is 2. The van der Waals surface area contributed by atoms with Crippen molar-refractivity contribution in [2.45, 2.75) is 60.8 Å². The minimum absolute atomic E-state index is 0.277. The van der Waals surface area contributed by atoms with Gasteiger partial charge in [0.1, 0.15) is 11.5 Å². The lowest BCUT2D eigenvalue weighted by molar-refractivity contribution is -0.139. The molecule has 0 atom stereocenters. The summed E-state index contributed by atoms with van der Waals surface area (Å²) in [6.07, 6.45) is 5.53. The number of ether oxygens (including phenoxy) is 2. The van der Waals surface area contributed by atoms with Crippen LogP contribution in [0.2, 0.25) is 0 Å². The number of unbranched alkanes of at least 4 members (excludes halogenated alkanes) is 2. The molecule has 0 unspecified atom stereocenters. The first kappa shape index (κ1) is 31.0. The topological polar surface area (TPSA) is 95.8 Å². The van der Waals surface area contributed by atoms with Gasteiger partial charge in [-0.25, -0.2) is 9.59 Å². The monoisotopic (exact) mass is 534 g/mol. The summed E-state index contributed by atoms with van der Waals surface area (Å²) >= 11 is 0. The second-order valence-electron chi connectivity index (χ2n) is 9.54. The first-order chi connectivity index (χ1) is 18.5. The van der Waals surface area contributed by atoms with Crippen molar-refractivity contribution in [1.29, 1.82) is 0 Å². The van der Waals surface area contributed by atoms with E-state index in [4.69, 9.17) is 19.1 Å². The molecule has 208 valence electrons. The molecular weight excluding hydrogens is 496 g/mol. The predicted molar refractivity (Wildman–Crippen MR) is 154 cm³/mol. The van der Waals surface area contributed by atoms with Gasteiger partial charge in [0.2, 0.25) is 0 Å². The Labute approximate surface area is 231 Å². The Bertz CT molecular complexity index is 1280. The van der Waals surface area contributed by atoms with Gasteiger partial charge < -0.3 is 19.1 Å². The molecule has 0 fully saturated rings. The SMILES string of the molecule is C=C(C)C(=O)ON=Cc1cc(C)cc(C)c1OCCCCCOc1cc(C)cc(C)c1C=NOC(=O)C(=C)C. The van der Waals surface area contributed by atoms with E-state index in [1.54, 1.807) is 13.8 Å². The second kappa shape index (κ2) is 15.3. The van der Waals surface area contributed by atoms with Crippen molar-refractivity contribution in [2.24, 2.45) is 10.3 Å². The summed E-state index contributed by atoms with van der Waals surface area (Å²) in [4.78, 5) is 32.9. The Balaban J connectivity index is 1.89. The quantitative estimate of drug-likeness (QED) is 0.0908. The lowest BCUT2D eigenvalue weighted by Crippen LogP contribution is -2.06. The van der Waals surface area contributed by atoms with Gasteiger partial charge in [0.15, 0.2) is 0 Å². The van der Waals surface area contributed by atoms with Crippen LogP contribution in [0.1, 0.15) is 66.5 Å². The molecule has 0 aliphatic rings. The molecule has 2 rings (SSSR count). The van der Waals surface area contributed by atoms with E-state index in [1.165, 1.54) is 12.4 Å². The molecule has 0 saturated carbocycles. The lowest BCUT2D eigenvalue weighted by Gasteiger charge is -2.14. The van der Waals surface area contributed by atoms with Crippen LogP contribution in [0.3, 0.4) is 0 Å². The van der Waals surface area contributed by atoms with Crippen molar-refractivity contribution in [2.75, 3.05) is 13.2 Å². The number of aryl methyl sites for hydroxylation is 4. The maximum Gasteiger partial charge on any atom is 0.360 e. The zero-order valence-electron chi connectivity index (χ0n) is 23.8. The van der Waals surface area contributed by atoms with Gasteiger partial charge in [0.05, 0.1) is 25.6 Å². The molecule has 0 amide bonds. The van der Waals surface area contributed by atoms with Gasteiger partial charge >= 0.3 is 11.9 Å². The maximum atomic E-state index is 11.6. The van der Waals surface area contributed by atoms with Gasteiger partial charge in [0.25, 0.3) is 0 Å². The van der Waals surface area contributed by atoms with E-state index >= 15 is 0 Å². The van der Waals surface area contributed by atoms with Crippen LogP contribution in [0, 0.1) is 27.7 Å². The Morgan fingerprint density at radius 1 is 0.744 bits per heavy atom. The number of carbonyl (C=O) groups is 2. The molecule has 8 nitrogen and oxygen atoms in total. The van der Waals surface area contributed by atoms with Crippen LogP contribution < -0.4 is 9.47 Å². The van der Waals surface area contributed by atoms with Crippen molar-refractivity contribution >= 4 is 24.4 Å². The summed E-state index contributed by atoms with van der Waals surface area (Å²) in [5.41, 5.74) is 6.11. The summed E-state index contributed by atoms with van der Waals surface area (Å²) in [5.74, 6) is 0.239. The summed E-state index contributed by atoms with van der Waals surface area (Å²) < 4.78 is 12.1. The standard InChI is InChI=1S/C31H38N2O6/c1-20(2)30(34)38-32-18-26-16-22(5)15-25(8)29(26)37-13-11-9-10-12-36-28-17-23(6)14-24(7)27(28)19-33-39-31(35)21(3)4/h14-19H,1,3,9-13H2,2,4-8H3. The van der Waals surface area contributed by atoms with E-state index in [0.29, 0.717) is 24.7 Å².